The second kappa shape index (κ2) is 6.30. The number of amides is 1. The van der Waals surface area contributed by atoms with Crippen molar-refractivity contribution in [3.63, 3.8) is 0 Å². The third kappa shape index (κ3) is 2.92. The van der Waals surface area contributed by atoms with Crippen LogP contribution in [0.5, 0.6) is 0 Å². The van der Waals surface area contributed by atoms with Crippen LogP contribution in [0, 0.1) is 31.1 Å². The molecule has 4 heterocycles. The fourth-order valence-corrected chi connectivity index (χ4v) is 5.57. The van der Waals surface area contributed by atoms with Crippen LogP contribution in [0.3, 0.4) is 0 Å². The maximum Gasteiger partial charge on any atom is 0.227 e. The Labute approximate surface area is 173 Å². The number of aromatic nitrogens is 2. The molecule has 4 aliphatic rings. The number of rotatable bonds is 5. The lowest BCUT2D eigenvalue weighted by atomic mass is 9.73. The highest BCUT2D eigenvalue weighted by molar-refractivity contribution is 5.84. The molecule has 5 rings (SSSR count). The number of anilines is 2. The molecular formula is C22H33N5O2. The summed E-state index contributed by atoms with van der Waals surface area (Å²) in [5.74, 6) is 2.86. The van der Waals surface area contributed by atoms with E-state index in [1.807, 2.05) is 19.0 Å². The van der Waals surface area contributed by atoms with Gasteiger partial charge in [0.05, 0.1) is 11.7 Å². The molecule has 3 saturated heterocycles. The van der Waals surface area contributed by atoms with Gasteiger partial charge in [0.15, 0.2) is 0 Å². The summed E-state index contributed by atoms with van der Waals surface area (Å²) < 4.78 is 6.58. The fourth-order valence-electron chi connectivity index (χ4n) is 5.57. The zero-order valence-corrected chi connectivity index (χ0v) is 18.3. The lowest BCUT2D eigenvalue weighted by Gasteiger charge is -2.29. The average Bonchev–Trinajstić information content (AvgIpc) is 3.03. The molecule has 2 bridgehead atoms. The third-order valence-electron chi connectivity index (χ3n) is 7.88. The van der Waals surface area contributed by atoms with E-state index in [-0.39, 0.29) is 16.9 Å². The number of ether oxygens (including phenoxy) is 1. The number of carbonyl (C=O) groups is 1. The van der Waals surface area contributed by atoms with Crippen LogP contribution in [0.25, 0.3) is 0 Å². The smallest absolute Gasteiger partial charge is 0.227 e. The number of nitrogens with zero attached hydrogens (tertiary/aromatic N) is 4. The van der Waals surface area contributed by atoms with Gasteiger partial charge in [0.25, 0.3) is 0 Å². The summed E-state index contributed by atoms with van der Waals surface area (Å²) in [6.45, 7) is 8.81. The largest absolute Gasteiger partial charge is 0.369 e. The van der Waals surface area contributed by atoms with Crippen LogP contribution >= 0.6 is 0 Å². The van der Waals surface area contributed by atoms with Gasteiger partial charge in [-0.1, -0.05) is 6.92 Å². The minimum absolute atomic E-state index is 0.0763. The lowest BCUT2D eigenvalue weighted by molar-refractivity contribution is -0.126. The molecule has 1 N–H and O–H groups in total. The van der Waals surface area contributed by atoms with Crippen LogP contribution in [-0.2, 0) is 9.53 Å². The van der Waals surface area contributed by atoms with Crippen LogP contribution in [0.2, 0.25) is 0 Å². The van der Waals surface area contributed by atoms with Gasteiger partial charge in [-0.15, -0.1) is 0 Å². The minimum atomic E-state index is -0.115. The Morgan fingerprint density at radius 1 is 1.28 bits per heavy atom. The number of hydrogen-bond acceptors (Lipinski definition) is 6. The Kier molecular flexibility index (Phi) is 4.15. The van der Waals surface area contributed by atoms with Gasteiger partial charge in [-0.3, -0.25) is 4.79 Å². The van der Waals surface area contributed by atoms with E-state index in [1.165, 1.54) is 0 Å². The molecule has 158 valence electrons. The highest BCUT2D eigenvalue weighted by Gasteiger charge is 2.63. The normalized spacial score (nSPS) is 33.7. The first kappa shape index (κ1) is 19.1. The molecule has 3 aliphatic heterocycles. The Balaban J connectivity index is 1.36. The molecule has 1 aliphatic carbocycles. The van der Waals surface area contributed by atoms with Crippen molar-refractivity contribution in [2.24, 2.45) is 17.3 Å². The number of nitrogens with one attached hydrogen (secondary N) is 1. The predicted octanol–water partition coefficient (Wildman–Crippen LogP) is 2.06. The maximum atomic E-state index is 12.5. The molecule has 1 amide bonds. The Hall–Kier alpha value is -1.89. The second-order valence-corrected chi connectivity index (χ2v) is 10.1. The molecule has 0 radical (unpaired) electrons. The van der Waals surface area contributed by atoms with E-state index in [2.05, 4.69) is 36.0 Å². The van der Waals surface area contributed by atoms with Crippen molar-refractivity contribution in [3.8, 4) is 0 Å². The first-order valence-electron chi connectivity index (χ1n) is 11.0. The zero-order valence-electron chi connectivity index (χ0n) is 18.3. The van der Waals surface area contributed by atoms with Gasteiger partial charge in [0.2, 0.25) is 11.9 Å². The summed E-state index contributed by atoms with van der Waals surface area (Å²) in [5.41, 5.74) is 1.98. The maximum absolute atomic E-state index is 12.5. The first-order valence-corrected chi connectivity index (χ1v) is 11.0. The summed E-state index contributed by atoms with van der Waals surface area (Å²) in [6.07, 6.45) is 4.55. The highest BCUT2D eigenvalue weighted by atomic mass is 16.5. The lowest BCUT2D eigenvalue weighted by Crippen LogP contribution is -2.43. The van der Waals surface area contributed by atoms with Crippen LogP contribution in [0.4, 0.5) is 11.8 Å². The summed E-state index contributed by atoms with van der Waals surface area (Å²) in [4.78, 5) is 26.3. The van der Waals surface area contributed by atoms with Crippen molar-refractivity contribution < 1.29 is 9.53 Å². The second-order valence-electron chi connectivity index (χ2n) is 10.1. The Bertz CT molecular complexity index is 852. The SMILES string of the molecule is Cc1nc(N(C)C)nc(N2C[C@@H]3[C@H](CNC(=O)C4(C)CC4)[C@H]4CC[C@]3(C2)O4)c1C. The molecule has 7 heteroatoms. The van der Waals surface area contributed by atoms with Gasteiger partial charge in [0.1, 0.15) is 5.82 Å². The molecule has 1 aromatic rings. The molecule has 0 aromatic carbocycles. The number of aryl methyl sites for hydroxylation is 1. The highest BCUT2D eigenvalue weighted by Crippen LogP contribution is 2.55. The van der Waals surface area contributed by atoms with E-state index in [1.54, 1.807) is 0 Å². The van der Waals surface area contributed by atoms with Gasteiger partial charge >= 0.3 is 0 Å². The summed E-state index contributed by atoms with van der Waals surface area (Å²) >= 11 is 0. The van der Waals surface area contributed by atoms with E-state index in [0.29, 0.717) is 17.9 Å². The molecule has 0 unspecified atom stereocenters. The molecule has 29 heavy (non-hydrogen) atoms. The van der Waals surface area contributed by atoms with E-state index >= 15 is 0 Å². The topological polar surface area (TPSA) is 70.6 Å². The van der Waals surface area contributed by atoms with E-state index in [0.717, 1.165) is 68.3 Å². The summed E-state index contributed by atoms with van der Waals surface area (Å²) in [7, 11) is 3.96. The molecular weight excluding hydrogens is 366 g/mol. The first-order chi connectivity index (χ1) is 13.7. The fraction of sp³-hybridized carbons (Fsp3) is 0.773. The molecule has 1 aromatic heterocycles. The van der Waals surface area contributed by atoms with Crippen LogP contribution in [0.1, 0.15) is 43.9 Å². The standard InChI is InChI=1S/C22H33N5O2/c1-13-14(2)24-20(26(4)5)25-18(13)27-11-16-15(10-23-19(28)21(3)8-9-21)17-6-7-22(16,12-27)29-17/h15-17H,6-12H2,1-5H3,(H,23,28)/t15-,16+,17+,22+/m0/s1. The van der Waals surface area contributed by atoms with Crippen molar-refractivity contribution in [1.29, 1.82) is 0 Å². The van der Waals surface area contributed by atoms with Crippen LogP contribution in [0.15, 0.2) is 0 Å². The average molecular weight is 400 g/mol. The van der Waals surface area contributed by atoms with Gasteiger partial charge in [-0.05, 0) is 39.5 Å². The molecule has 4 fully saturated rings. The molecule has 7 nitrogen and oxygen atoms in total. The van der Waals surface area contributed by atoms with Crippen molar-refractivity contribution >= 4 is 17.7 Å². The Morgan fingerprint density at radius 2 is 2.03 bits per heavy atom. The molecule has 4 atom stereocenters. The third-order valence-corrected chi connectivity index (χ3v) is 7.88. The van der Waals surface area contributed by atoms with Gasteiger partial charge in [-0.2, -0.15) is 4.98 Å². The number of fused-ring (bicyclic) bond motifs is 1. The zero-order chi connectivity index (χ0) is 20.6. The number of hydrogen-bond donors (Lipinski definition) is 1. The molecule has 1 saturated carbocycles. The Morgan fingerprint density at radius 3 is 2.72 bits per heavy atom. The van der Waals surface area contributed by atoms with E-state index in [4.69, 9.17) is 9.72 Å². The summed E-state index contributed by atoms with van der Waals surface area (Å²) in [5, 5.41) is 3.25. The van der Waals surface area contributed by atoms with Crippen molar-refractivity contribution in [1.82, 2.24) is 15.3 Å². The number of carbonyl (C=O) groups excluding carboxylic acids is 1. The summed E-state index contributed by atoms with van der Waals surface area (Å²) in [6, 6.07) is 0. The monoisotopic (exact) mass is 399 g/mol. The quantitative estimate of drug-likeness (QED) is 0.817. The van der Waals surface area contributed by atoms with Crippen LogP contribution < -0.4 is 15.1 Å². The van der Waals surface area contributed by atoms with Gasteiger partial charge < -0.3 is 19.9 Å². The van der Waals surface area contributed by atoms with E-state index in [9.17, 15) is 4.79 Å². The van der Waals surface area contributed by atoms with Crippen molar-refractivity contribution in [2.75, 3.05) is 43.5 Å². The van der Waals surface area contributed by atoms with Crippen molar-refractivity contribution in [2.45, 2.75) is 58.2 Å². The minimum Gasteiger partial charge on any atom is -0.369 e. The predicted molar refractivity (Wildman–Crippen MR) is 112 cm³/mol. The van der Waals surface area contributed by atoms with Crippen LogP contribution in [-0.4, -0.2) is 61.3 Å². The van der Waals surface area contributed by atoms with E-state index < -0.39 is 0 Å². The van der Waals surface area contributed by atoms with Gasteiger partial charge in [0, 0.05) is 62.2 Å². The van der Waals surface area contributed by atoms with Gasteiger partial charge in [-0.25, -0.2) is 4.98 Å². The molecule has 1 spiro atoms. The van der Waals surface area contributed by atoms with Crippen molar-refractivity contribution in [3.05, 3.63) is 11.3 Å².